The molecule has 7 heteroatoms. The van der Waals surface area contributed by atoms with Gasteiger partial charge in [-0.15, -0.1) is 11.3 Å². The van der Waals surface area contributed by atoms with E-state index in [1.807, 2.05) is 24.3 Å². The van der Waals surface area contributed by atoms with E-state index in [9.17, 15) is 4.79 Å². The number of nitrogens with zero attached hydrogens (tertiary/aromatic N) is 2. The van der Waals surface area contributed by atoms with E-state index in [0.29, 0.717) is 12.2 Å². The summed E-state index contributed by atoms with van der Waals surface area (Å²) in [5, 5.41) is 5.34. The third-order valence-corrected chi connectivity index (χ3v) is 4.55. The summed E-state index contributed by atoms with van der Waals surface area (Å²) in [6.45, 7) is 4.79. The Balaban J connectivity index is 1.57. The molecular weight excluding hydrogens is 312 g/mol. The predicted molar refractivity (Wildman–Crippen MR) is 90.5 cm³/mol. The average molecular weight is 332 g/mol. The van der Waals surface area contributed by atoms with Gasteiger partial charge in [0.1, 0.15) is 10.7 Å². The van der Waals surface area contributed by atoms with Crippen molar-refractivity contribution >= 4 is 22.9 Å². The third kappa shape index (κ3) is 4.35. The molecule has 0 unspecified atom stereocenters. The first-order valence-corrected chi connectivity index (χ1v) is 8.47. The minimum absolute atomic E-state index is 0.207. The number of ether oxygens (including phenoxy) is 1. The van der Waals surface area contributed by atoms with E-state index < -0.39 is 0 Å². The largest absolute Gasteiger partial charge is 0.379 e. The number of anilines is 1. The van der Waals surface area contributed by atoms with Gasteiger partial charge in [-0.25, -0.2) is 4.98 Å². The number of benzene rings is 1. The molecular formula is C16H20N4O2S. The van der Waals surface area contributed by atoms with E-state index in [2.05, 4.69) is 15.2 Å². The van der Waals surface area contributed by atoms with Crippen LogP contribution < -0.4 is 11.1 Å². The Hall–Kier alpha value is -1.80. The first-order valence-electron chi connectivity index (χ1n) is 7.59. The molecule has 0 saturated carbocycles. The molecule has 0 radical (unpaired) electrons. The lowest BCUT2D eigenvalue weighted by Gasteiger charge is -2.26. The van der Waals surface area contributed by atoms with E-state index in [1.54, 1.807) is 5.38 Å². The molecule has 23 heavy (non-hydrogen) atoms. The van der Waals surface area contributed by atoms with Gasteiger partial charge in [-0.3, -0.25) is 9.69 Å². The van der Waals surface area contributed by atoms with Gasteiger partial charge in [0.25, 0.3) is 5.91 Å². The van der Waals surface area contributed by atoms with Crippen molar-refractivity contribution in [2.24, 2.45) is 5.73 Å². The number of rotatable bonds is 5. The molecule has 3 N–H and O–H groups in total. The van der Waals surface area contributed by atoms with Gasteiger partial charge < -0.3 is 15.8 Å². The quantitative estimate of drug-likeness (QED) is 0.871. The molecule has 0 spiro atoms. The summed E-state index contributed by atoms with van der Waals surface area (Å²) in [6.07, 6.45) is 0. The standard InChI is InChI=1S/C16H20N4O2S/c17-9-15-19-14(11-23-15)16(21)18-13-3-1-12(2-4-13)10-20-5-7-22-8-6-20/h1-4,11H,5-10,17H2,(H,18,21). The third-order valence-electron chi connectivity index (χ3n) is 3.68. The van der Waals surface area contributed by atoms with Gasteiger partial charge in [-0.1, -0.05) is 12.1 Å². The van der Waals surface area contributed by atoms with Crippen LogP contribution in [0.2, 0.25) is 0 Å². The number of carbonyl (C=O) groups is 1. The predicted octanol–water partition coefficient (Wildman–Crippen LogP) is 1.69. The van der Waals surface area contributed by atoms with Gasteiger partial charge in [-0.05, 0) is 17.7 Å². The number of carbonyl (C=O) groups excluding carboxylic acids is 1. The second-order valence-electron chi connectivity index (χ2n) is 5.37. The maximum atomic E-state index is 12.1. The summed E-state index contributed by atoms with van der Waals surface area (Å²) in [6, 6.07) is 7.92. The Morgan fingerprint density at radius 3 is 2.70 bits per heavy atom. The van der Waals surface area contributed by atoms with Crippen LogP contribution in [0.5, 0.6) is 0 Å². The summed E-state index contributed by atoms with van der Waals surface area (Å²) in [5.41, 5.74) is 7.92. The normalized spacial score (nSPS) is 15.5. The number of morpholine rings is 1. The van der Waals surface area contributed by atoms with Crippen LogP contribution in [0.3, 0.4) is 0 Å². The van der Waals surface area contributed by atoms with E-state index >= 15 is 0 Å². The second-order valence-corrected chi connectivity index (χ2v) is 6.31. The highest BCUT2D eigenvalue weighted by Gasteiger charge is 2.12. The molecule has 1 fully saturated rings. The zero-order valence-electron chi connectivity index (χ0n) is 12.8. The monoisotopic (exact) mass is 332 g/mol. The Bertz CT molecular complexity index is 650. The highest BCUT2D eigenvalue weighted by Crippen LogP contribution is 2.15. The molecule has 2 heterocycles. The molecule has 1 aromatic heterocycles. The summed E-state index contributed by atoms with van der Waals surface area (Å²) in [4.78, 5) is 18.7. The maximum absolute atomic E-state index is 12.1. The fraction of sp³-hybridized carbons (Fsp3) is 0.375. The van der Waals surface area contributed by atoms with Crippen LogP contribution in [-0.4, -0.2) is 42.1 Å². The number of hydrogen-bond acceptors (Lipinski definition) is 6. The van der Waals surface area contributed by atoms with Crippen LogP contribution in [-0.2, 0) is 17.8 Å². The van der Waals surface area contributed by atoms with Crippen LogP contribution in [0.4, 0.5) is 5.69 Å². The summed E-state index contributed by atoms with van der Waals surface area (Å²) in [5.74, 6) is -0.207. The number of hydrogen-bond donors (Lipinski definition) is 2. The first-order chi connectivity index (χ1) is 11.2. The van der Waals surface area contributed by atoms with E-state index in [-0.39, 0.29) is 5.91 Å². The molecule has 3 rings (SSSR count). The molecule has 6 nitrogen and oxygen atoms in total. The maximum Gasteiger partial charge on any atom is 0.275 e. The zero-order chi connectivity index (χ0) is 16.1. The number of nitrogens with two attached hydrogens (primary N) is 1. The number of aromatic nitrogens is 1. The minimum atomic E-state index is -0.207. The summed E-state index contributed by atoms with van der Waals surface area (Å²) >= 11 is 1.40. The fourth-order valence-electron chi connectivity index (χ4n) is 2.42. The van der Waals surface area contributed by atoms with Gasteiger partial charge in [0.2, 0.25) is 0 Å². The highest BCUT2D eigenvalue weighted by molar-refractivity contribution is 7.09. The van der Waals surface area contributed by atoms with E-state index in [1.165, 1.54) is 16.9 Å². The first kappa shape index (κ1) is 16.1. The van der Waals surface area contributed by atoms with Gasteiger partial charge >= 0.3 is 0 Å². The van der Waals surface area contributed by atoms with Crippen molar-refractivity contribution < 1.29 is 9.53 Å². The summed E-state index contributed by atoms with van der Waals surface area (Å²) in [7, 11) is 0. The molecule has 1 amide bonds. The van der Waals surface area contributed by atoms with Crippen molar-refractivity contribution in [3.8, 4) is 0 Å². The molecule has 1 aliphatic rings. The summed E-state index contributed by atoms with van der Waals surface area (Å²) < 4.78 is 5.35. The van der Waals surface area contributed by atoms with Gasteiger partial charge in [0, 0.05) is 37.2 Å². The lowest BCUT2D eigenvalue weighted by molar-refractivity contribution is 0.0342. The molecule has 0 aliphatic carbocycles. The lowest BCUT2D eigenvalue weighted by atomic mass is 10.2. The molecule has 1 saturated heterocycles. The minimum Gasteiger partial charge on any atom is -0.379 e. The Kier molecular flexibility index (Phi) is 5.35. The zero-order valence-corrected chi connectivity index (χ0v) is 13.6. The van der Waals surface area contributed by atoms with Crippen LogP contribution in [0, 0.1) is 0 Å². The number of nitrogens with one attached hydrogen (secondary N) is 1. The van der Waals surface area contributed by atoms with Crippen molar-refractivity contribution in [1.82, 2.24) is 9.88 Å². The van der Waals surface area contributed by atoms with Gasteiger partial charge in [0.05, 0.1) is 13.2 Å². The molecule has 2 aromatic rings. The molecule has 1 aromatic carbocycles. The molecule has 0 atom stereocenters. The second kappa shape index (κ2) is 7.65. The number of thiazole rings is 1. The highest BCUT2D eigenvalue weighted by atomic mass is 32.1. The Labute approximate surface area is 139 Å². The van der Waals surface area contributed by atoms with Crippen molar-refractivity contribution in [2.75, 3.05) is 31.6 Å². The van der Waals surface area contributed by atoms with Crippen molar-refractivity contribution in [3.63, 3.8) is 0 Å². The number of amides is 1. The molecule has 122 valence electrons. The van der Waals surface area contributed by atoms with Crippen LogP contribution in [0.25, 0.3) is 0 Å². The topological polar surface area (TPSA) is 80.5 Å². The Morgan fingerprint density at radius 1 is 1.30 bits per heavy atom. The lowest BCUT2D eigenvalue weighted by Crippen LogP contribution is -2.35. The van der Waals surface area contributed by atoms with Crippen molar-refractivity contribution in [1.29, 1.82) is 0 Å². The van der Waals surface area contributed by atoms with E-state index in [0.717, 1.165) is 43.5 Å². The SMILES string of the molecule is NCc1nc(C(=O)Nc2ccc(CN3CCOCC3)cc2)cs1. The molecule has 0 bridgehead atoms. The Morgan fingerprint density at radius 2 is 2.04 bits per heavy atom. The van der Waals surface area contributed by atoms with Crippen LogP contribution >= 0.6 is 11.3 Å². The average Bonchev–Trinajstić information content (AvgIpc) is 3.07. The van der Waals surface area contributed by atoms with Crippen LogP contribution in [0.1, 0.15) is 21.1 Å². The molecule has 1 aliphatic heterocycles. The van der Waals surface area contributed by atoms with Crippen molar-refractivity contribution in [2.45, 2.75) is 13.1 Å². The van der Waals surface area contributed by atoms with E-state index in [4.69, 9.17) is 10.5 Å². The van der Waals surface area contributed by atoms with Crippen LogP contribution in [0.15, 0.2) is 29.6 Å². The smallest absolute Gasteiger partial charge is 0.275 e. The van der Waals surface area contributed by atoms with Gasteiger partial charge in [-0.2, -0.15) is 0 Å². The van der Waals surface area contributed by atoms with Crippen molar-refractivity contribution in [3.05, 3.63) is 45.9 Å². The fourth-order valence-corrected chi connectivity index (χ4v) is 3.07. The van der Waals surface area contributed by atoms with Gasteiger partial charge in [0.15, 0.2) is 0 Å².